The summed E-state index contributed by atoms with van der Waals surface area (Å²) in [6.45, 7) is 10.0. The lowest BCUT2D eigenvalue weighted by Crippen LogP contribution is -2.36. The third kappa shape index (κ3) is 9.08. The number of hydrogen-bond acceptors (Lipinski definition) is 5. The average Bonchev–Trinajstić information content (AvgIpc) is 2.97. The van der Waals surface area contributed by atoms with E-state index in [1.807, 2.05) is 39.8 Å². The summed E-state index contributed by atoms with van der Waals surface area (Å²) in [5.74, 6) is 0. The van der Waals surface area contributed by atoms with E-state index >= 15 is 0 Å². The summed E-state index contributed by atoms with van der Waals surface area (Å²) in [5.41, 5.74) is 0.300. The van der Waals surface area contributed by atoms with Gasteiger partial charge in [0.2, 0.25) is 0 Å². The molecule has 0 aliphatic carbocycles. The second-order valence-electron chi connectivity index (χ2n) is 6.76. The molecule has 2 heterocycles. The summed E-state index contributed by atoms with van der Waals surface area (Å²) >= 11 is 12.4. The van der Waals surface area contributed by atoms with E-state index in [4.69, 9.17) is 16.3 Å². The predicted octanol–water partition coefficient (Wildman–Crippen LogP) is 7.60. The standard InChI is InChI=1S/C15H18ClN3O2S.C4H8I2/c1-5-19(14(20)21-15(2,3)4)13-11(16)18-12(22-13)10-7-6-8-17-9-10;1-2-3-4(5)6/h6-9H,5H2,1-4H3;4H,2-3H2,1H3. The molecular formula is C19H26ClI2N3O2S. The van der Waals surface area contributed by atoms with Crippen LogP contribution in [0.25, 0.3) is 10.6 Å². The molecule has 0 spiro atoms. The summed E-state index contributed by atoms with van der Waals surface area (Å²) < 4.78 is 6.25. The molecule has 156 valence electrons. The first kappa shape index (κ1) is 25.8. The maximum Gasteiger partial charge on any atom is 0.415 e. The number of nitrogens with zero attached hydrogens (tertiary/aromatic N) is 3. The van der Waals surface area contributed by atoms with Gasteiger partial charge < -0.3 is 4.74 Å². The molecule has 0 fully saturated rings. The van der Waals surface area contributed by atoms with Gasteiger partial charge in [-0.3, -0.25) is 9.88 Å². The average molecular weight is 650 g/mol. The fraction of sp³-hybridized carbons (Fsp3) is 0.526. The van der Waals surface area contributed by atoms with Gasteiger partial charge in [-0.25, -0.2) is 9.78 Å². The number of anilines is 1. The van der Waals surface area contributed by atoms with Crippen molar-refractivity contribution < 1.29 is 9.53 Å². The van der Waals surface area contributed by atoms with E-state index in [9.17, 15) is 4.79 Å². The van der Waals surface area contributed by atoms with Crippen LogP contribution in [0, 0.1) is 0 Å². The molecule has 0 aromatic carbocycles. The van der Waals surface area contributed by atoms with Crippen molar-refractivity contribution in [2.24, 2.45) is 0 Å². The molecule has 0 N–H and O–H groups in total. The van der Waals surface area contributed by atoms with Crippen LogP contribution >= 0.6 is 68.1 Å². The third-order valence-electron chi connectivity index (χ3n) is 3.16. The normalized spacial score (nSPS) is 11.0. The van der Waals surface area contributed by atoms with Crippen LogP contribution in [-0.4, -0.2) is 30.1 Å². The van der Waals surface area contributed by atoms with Crippen LogP contribution in [0.2, 0.25) is 5.15 Å². The van der Waals surface area contributed by atoms with Crippen molar-refractivity contribution in [3.63, 3.8) is 0 Å². The minimum absolute atomic E-state index is 0.288. The van der Waals surface area contributed by atoms with Gasteiger partial charge in [-0.05, 0) is 46.2 Å². The summed E-state index contributed by atoms with van der Waals surface area (Å²) in [7, 11) is 0. The van der Waals surface area contributed by atoms with Crippen LogP contribution in [0.4, 0.5) is 9.80 Å². The lowest BCUT2D eigenvalue weighted by molar-refractivity contribution is 0.0583. The van der Waals surface area contributed by atoms with Gasteiger partial charge in [-0.2, -0.15) is 0 Å². The zero-order valence-electron chi connectivity index (χ0n) is 16.7. The molecule has 9 heteroatoms. The van der Waals surface area contributed by atoms with E-state index in [1.54, 1.807) is 12.4 Å². The number of aromatic nitrogens is 2. The van der Waals surface area contributed by atoms with Crippen molar-refractivity contribution in [1.82, 2.24) is 9.97 Å². The van der Waals surface area contributed by atoms with E-state index in [2.05, 4.69) is 62.1 Å². The number of amides is 1. The molecule has 2 aromatic heterocycles. The number of alkyl halides is 2. The number of carbonyl (C=O) groups is 1. The minimum Gasteiger partial charge on any atom is -0.443 e. The number of thiazole rings is 1. The summed E-state index contributed by atoms with van der Waals surface area (Å²) in [5, 5.41) is 1.59. The maximum atomic E-state index is 12.3. The SMILES string of the molecule is CCCC(I)I.CCN(C(=O)OC(C)(C)C)c1sc(-c2cccnc2)nc1Cl. The Bertz CT molecular complexity index is 737. The Morgan fingerprint density at radius 1 is 1.36 bits per heavy atom. The topological polar surface area (TPSA) is 55.3 Å². The van der Waals surface area contributed by atoms with E-state index in [-0.39, 0.29) is 5.15 Å². The third-order valence-corrected chi connectivity index (χ3v) is 5.91. The number of hydrogen-bond donors (Lipinski definition) is 0. The van der Waals surface area contributed by atoms with Gasteiger partial charge in [0.25, 0.3) is 0 Å². The quantitative estimate of drug-likeness (QED) is 0.247. The van der Waals surface area contributed by atoms with Crippen LogP contribution in [0.3, 0.4) is 0 Å². The molecular weight excluding hydrogens is 624 g/mol. The highest BCUT2D eigenvalue weighted by Gasteiger charge is 2.26. The Hall–Kier alpha value is -0.200. The minimum atomic E-state index is -0.562. The summed E-state index contributed by atoms with van der Waals surface area (Å²) in [4.78, 5) is 22.2. The molecule has 1 amide bonds. The van der Waals surface area contributed by atoms with E-state index in [1.165, 1.54) is 29.1 Å². The van der Waals surface area contributed by atoms with Crippen molar-refractivity contribution in [3.8, 4) is 10.6 Å². The highest BCUT2D eigenvalue weighted by molar-refractivity contribution is 14.2. The van der Waals surface area contributed by atoms with E-state index in [0.29, 0.717) is 11.5 Å². The highest BCUT2D eigenvalue weighted by atomic mass is 127. The Balaban J connectivity index is 0.000000568. The first-order valence-electron chi connectivity index (χ1n) is 8.94. The second-order valence-corrected chi connectivity index (χ2v) is 13.5. The molecule has 0 aliphatic heterocycles. The van der Waals surface area contributed by atoms with Crippen LogP contribution in [0.15, 0.2) is 24.5 Å². The van der Waals surface area contributed by atoms with Gasteiger partial charge in [0.05, 0.1) is 1.93 Å². The molecule has 0 aliphatic rings. The smallest absolute Gasteiger partial charge is 0.415 e. The van der Waals surface area contributed by atoms with Gasteiger partial charge in [-0.15, -0.1) is 0 Å². The van der Waals surface area contributed by atoms with E-state index < -0.39 is 11.7 Å². The Morgan fingerprint density at radius 3 is 2.46 bits per heavy atom. The summed E-state index contributed by atoms with van der Waals surface area (Å²) in [6, 6.07) is 3.73. The molecule has 28 heavy (non-hydrogen) atoms. The predicted molar refractivity (Wildman–Crippen MR) is 136 cm³/mol. The van der Waals surface area contributed by atoms with Crippen LogP contribution < -0.4 is 4.90 Å². The number of pyridine rings is 1. The fourth-order valence-corrected chi connectivity index (χ4v) is 4.56. The van der Waals surface area contributed by atoms with Crippen molar-refractivity contribution in [1.29, 1.82) is 0 Å². The zero-order valence-corrected chi connectivity index (χ0v) is 22.6. The molecule has 0 unspecified atom stereocenters. The van der Waals surface area contributed by atoms with Crippen molar-refractivity contribution in [2.75, 3.05) is 11.4 Å². The molecule has 2 aromatic rings. The van der Waals surface area contributed by atoms with Crippen molar-refractivity contribution in [3.05, 3.63) is 29.7 Å². The van der Waals surface area contributed by atoms with Gasteiger partial charge in [0.1, 0.15) is 15.6 Å². The van der Waals surface area contributed by atoms with Gasteiger partial charge in [0, 0.05) is 24.5 Å². The number of halogens is 3. The van der Waals surface area contributed by atoms with Gasteiger partial charge in [-0.1, -0.05) is 81.5 Å². The molecule has 0 saturated heterocycles. The molecule has 0 bridgehead atoms. The molecule has 5 nitrogen and oxygen atoms in total. The fourth-order valence-electron chi connectivity index (χ4n) is 1.96. The number of carbonyl (C=O) groups excluding carboxylic acids is 1. The Kier molecular flexibility index (Phi) is 11.5. The first-order valence-corrected chi connectivity index (χ1v) is 12.6. The second kappa shape index (κ2) is 12.5. The van der Waals surface area contributed by atoms with E-state index in [0.717, 1.165) is 12.5 Å². The summed E-state index contributed by atoms with van der Waals surface area (Å²) in [6.07, 6.45) is 5.64. The molecule has 2 rings (SSSR count). The Morgan fingerprint density at radius 2 is 2.04 bits per heavy atom. The van der Waals surface area contributed by atoms with Crippen LogP contribution in [0.5, 0.6) is 0 Å². The lowest BCUT2D eigenvalue weighted by Gasteiger charge is -2.25. The van der Waals surface area contributed by atoms with Gasteiger partial charge in [0.15, 0.2) is 5.15 Å². The van der Waals surface area contributed by atoms with Crippen LogP contribution in [0.1, 0.15) is 47.5 Å². The molecule has 0 saturated carbocycles. The lowest BCUT2D eigenvalue weighted by atomic mass is 10.2. The highest BCUT2D eigenvalue weighted by Crippen LogP contribution is 2.37. The molecule has 0 atom stereocenters. The largest absolute Gasteiger partial charge is 0.443 e. The van der Waals surface area contributed by atoms with Crippen LogP contribution in [-0.2, 0) is 4.74 Å². The maximum absolute atomic E-state index is 12.3. The monoisotopic (exact) mass is 649 g/mol. The Labute approximate surface area is 203 Å². The number of rotatable bonds is 5. The first-order chi connectivity index (χ1) is 13.1. The van der Waals surface area contributed by atoms with Crippen molar-refractivity contribution in [2.45, 2.75) is 55.0 Å². The van der Waals surface area contributed by atoms with Gasteiger partial charge >= 0.3 is 6.09 Å². The zero-order chi connectivity index (χ0) is 21.3. The number of ether oxygens (including phenoxy) is 1. The molecule has 0 radical (unpaired) electrons. The van der Waals surface area contributed by atoms with Crippen molar-refractivity contribution >= 4 is 79.2 Å².